The number of carbonyl (C=O) groups excluding carboxylic acids is 1. The molecule has 0 spiro atoms. The minimum Gasteiger partial charge on any atom is -0.392 e. The van der Waals surface area contributed by atoms with Crippen LogP contribution in [-0.4, -0.2) is 15.9 Å². The first kappa shape index (κ1) is 14.5. The van der Waals surface area contributed by atoms with Gasteiger partial charge >= 0.3 is 0 Å². The van der Waals surface area contributed by atoms with Gasteiger partial charge in [-0.05, 0) is 18.9 Å². The molecule has 0 aliphatic heterocycles. The number of nitrogens with one attached hydrogen (secondary N) is 1. The van der Waals surface area contributed by atoms with Crippen molar-refractivity contribution in [1.82, 2.24) is 4.98 Å². The van der Waals surface area contributed by atoms with Crippen molar-refractivity contribution >= 4 is 28.8 Å². The van der Waals surface area contributed by atoms with Crippen LogP contribution in [0.1, 0.15) is 26.7 Å². The zero-order chi connectivity index (χ0) is 13.8. The molecule has 0 unspecified atom stereocenters. The minimum atomic E-state index is -0.939. The fourth-order valence-electron chi connectivity index (χ4n) is 1.75. The summed E-state index contributed by atoms with van der Waals surface area (Å²) in [6.45, 7) is 3.65. The highest BCUT2D eigenvalue weighted by molar-refractivity contribution is 7.80. The van der Waals surface area contributed by atoms with Crippen molar-refractivity contribution in [1.29, 1.82) is 0 Å². The van der Waals surface area contributed by atoms with E-state index in [4.69, 9.17) is 18.0 Å². The summed E-state index contributed by atoms with van der Waals surface area (Å²) in [5.74, 6) is -0.972. The molecule has 0 atom stereocenters. The van der Waals surface area contributed by atoms with Gasteiger partial charge in [-0.25, -0.2) is 4.39 Å². The Balaban J connectivity index is 3.00. The van der Waals surface area contributed by atoms with E-state index in [-0.39, 0.29) is 16.6 Å². The summed E-state index contributed by atoms with van der Waals surface area (Å²) in [7, 11) is 0. The lowest BCUT2D eigenvalue weighted by Crippen LogP contribution is -2.45. The Kier molecular flexibility index (Phi) is 4.72. The number of thiocarbonyl (C=S) groups is 1. The van der Waals surface area contributed by atoms with E-state index in [1.165, 1.54) is 12.3 Å². The number of amides is 1. The van der Waals surface area contributed by atoms with Gasteiger partial charge in [-0.2, -0.15) is 0 Å². The normalized spacial score (nSPS) is 11.1. The molecule has 4 nitrogen and oxygen atoms in total. The molecule has 0 bridgehead atoms. The lowest BCUT2D eigenvalue weighted by Gasteiger charge is -2.28. The summed E-state index contributed by atoms with van der Waals surface area (Å²) >= 11 is 4.96. The predicted molar refractivity (Wildman–Crippen MR) is 72.6 cm³/mol. The third kappa shape index (κ3) is 2.64. The molecule has 0 fully saturated rings. The monoisotopic (exact) mass is 269 g/mol. The molecule has 1 rings (SSSR count). The summed E-state index contributed by atoms with van der Waals surface area (Å²) in [4.78, 5) is 16.0. The SMILES string of the molecule is CCC(CC)(C(=O)Nc1ccncc1F)C(N)=S. The van der Waals surface area contributed by atoms with Gasteiger partial charge in [0.1, 0.15) is 0 Å². The van der Waals surface area contributed by atoms with Crippen molar-refractivity contribution in [2.45, 2.75) is 26.7 Å². The smallest absolute Gasteiger partial charge is 0.237 e. The standard InChI is InChI=1S/C12H16FN3OS/c1-3-12(4-2,10(14)18)11(17)16-9-5-6-15-7-8(9)13/h5-7H,3-4H2,1-2H3,(H2,14,18)(H,15,16,17). The first-order chi connectivity index (χ1) is 8.47. The number of halogens is 1. The molecule has 1 aromatic heterocycles. The van der Waals surface area contributed by atoms with Gasteiger partial charge in [0.15, 0.2) is 5.82 Å². The number of anilines is 1. The minimum absolute atomic E-state index is 0.0810. The number of aromatic nitrogens is 1. The van der Waals surface area contributed by atoms with Crippen LogP contribution in [0, 0.1) is 11.2 Å². The van der Waals surface area contributed by atoms with Crippen LogP contribution in [0.4, 0.5) is 10.1 Å². The van der Waals surface area contributed by atoms with Gasteiger partial charge in [-0.3, -0.25) is 9.78 Å². The van der Waals surface area contributed by atoms with E-state index in [0.29, 0.717) is 12.8 Å². The van der Waals surface area contributed by atoms with Crippen LogP contribution in [0.2, 0.25) is 0 Å². The number of pyridine rings is 1. The maximum absolute atomic E-state index is 13.4. The van der Waals surface area contributed by atoms with E-state index in [1.54, 1.807) is 0 Å². The zero-order valence-electron chi connectivity index (χ0n) is 10.4. The van der Waals surface area contributed by atoms with Gasteiger partial charge in [0.2, 0.25) is 5.91 Å². The maximum atomic E-state index is 13.4. The lowest BCUT2D eigenvalue weighted by molar-refractivity contribution is -0.122. The van der Waals surface area contributed by atoms with Crippen molar-refractivity contribution in [3.63, 3.8) is 0 Å². The van der Waals surface area contributed by atoms with Gasteiger partial charge in [0.05, 0.1) is 22.3 Å². The van der Waals surface area contributed by atoms with E-state index >= 15 is 0 Å². The second-order valence-corrected chi connectivity index (χ2v) is 4.40. The molecular weight excluding hydrogens is 253 g/mol. The van der Waals surface area contributed by atoms with Crippen molar-refractivity contribution < 1.29 is 9.18 Å². The van der Waals surface area contributed by atoms with Crippen molar-refractivity contribution in [2.24, 2.45) is 11.1 Å². The molecule has 1 aromatic rings. The first-order valence-corrected chi connectivity index (χ1v) is 6.09. The first-order valence-electron chi connectivity index (χ1n) is 5.68. The van der Waals surface area contributed by atoms with E-state index in [9.17, 15) is 9.18 Å². The number of hydrogen-bond acceptors (Lipinski definition) is 3. The third-order valence-electron chi connectivity index (χ3n) is 3.13. The van der Waals surface area contributed by atoms with Crippen LogP contribution in [0.5, 0.6) is 0 Å². The van der Waals surface area contributed by atoms with E-state index < -0.39 is 11.2 Å². The molecule has 1 amide bonds. The Morgan fingerprint density at radius 2 is 2.17 bits per heavy atom. The van der Waals surface area contributed by atoms with Crippen molar-refractivity contribution in [2.75, 3.05) is 5.32 Å². The van der Waals surface area contributed by atoms with Gasteiger partial charge in [0.25, 0.3) is 0 Å². The molecular formula is C12H16FN3OS. The Labute approximate surface area is 111 Å². The van der Waals surface area contributed by atoms with Gasteiger partial charge in [-0.1, -0.05) is 26.1 Å². The second kappa shape index (κ2) is 5.86. The van der Waals surface area contributed by atoms with E-state index in [2.05, 4.69) is 10.3 Å². The largest absolute Gasteiger partial charge is 0.392 e. The number of rotatable bonds is 5. The molecule has 18 heavy (non-hydrogen) atoms. The molecule has 0 saturated carbocycles. The van der Waals surface area contributed by atoms with Crippen LogP contribution in [-0.2, 0) is 4.79 Å². The summed E-state index contributed by atoms with van der Waals surface area (Å²) in [5.41, 5.74) is 4.79. The van der Waals surface area contributed by atoms with Gasteiger partial charge in [-0.15, -0.1) is 0 Å². The fraction of sp³-hybridized carbons (Fsp3) is 0.417. The number of hydrogen-bond donors (Lipinski definition) is 2. The van der Waals surface area contributed by atoms with Crippen LogP contribution in [0.15, 0.2) is 18.5 Å². The predicted octanol–water partition coefficient (Wildman–Crippen LogP) is 2.25. The van der Waals surface area contributed by atoms with Gasteiger partial charge < -0.3 is 11.1 Å². The maximum Gasteiger partial charge on any atom is 0.237 e. The number of nitrogens with two attached hydrogens (primary N) is 1. The highest BCUT2D eigenvalue weighted by atomic mass is 32.1. The van der Waals surface area contributed by atoms with Crippen LogP contribution in [0.25, 0.3) is 0 Å². The lowest BCUT2D eigenvalue weighted by atomic mass is 9.81. The zero-order valence-corrected chi connectivity index (χ0v) is 11.2. The number of nitrogens with zero attached hydrogens (tertiary/aromatic N) is 1. The number of carbonyl (C=O) groups is 1. The van der Waals surface area contributed by atoms with Crippen LogP contribution >= 0.6 is 12.2 Å². The van der Waals surface area contributed by atoms with Crippen LogP contribution in [0.3, 0.4) is 0 Å². The summed E-state index contributed by atoms with van der Waals surface area (Å²) in [5, 5.41) is 2.51. The Bertz CT molecular complexity index is 460. The average Bonchev–Trinajstić information content (AvgIpc) is 2.34. The quantitative estimate of drug-likeness (QED) is 0.804. The molecule has 6 heteroatoms. The van der Waals surface area contributed by atoms with E-state index in [1.807, 2.05) is 13.8 Å². The van der Waals surface area contributed by atoms with E-state index in [0.717, 1.165) is 6.20 Å². The molecule has 0 aliphatic rings. The molecule has 3 N–H and O–H groups in total. The van der Waals surface area contributed by atoms with Crippen molar-refractivity contribution in [3.05, 3.63) is 24.3 Å². The average molecular weight is 269 g/mol. The highest BCUT2D eigenvalue weighted by Crippen LogP contribution is 2.29. The van der Waals surface area contributed by atoms with Crippen molar-refractivity contribution in [3.8, 4) is 0 Å². The fourth-order valence-corrected chi connectivity index (χ4v) is 2.13. The third-order valence-corrected chi connectivity index (χ3v) is 3.52. The topological polar surface area (TPSA) is 68.0 Å². The highest BCUT2D eigenvalue weighted by Gasteiger charge is 2.38. The summed E-state index contributed by atoms with van der Waals surface area (Å²) in [6.07, 6.45) is 3.38. The summed E-state index contributed by atoms with van der Waals surface area (Å²) in [6, 6.07) is 1.39. The Morgan fingerprint density at radius 3 is 2.61 bits per heavy atom. The Morgan fingerprint density at radius 1 is 1.56 bits per heavy atom. The van der Waals surface area contributed by atoms with Crippen LogP contribution < -0.4 is 11.1 Å². The summed E-state index contributed by atoms with van der Waals surface area (Å²) < 4.78 is 13.4. The molecule has 98 valence electrons. The molecule has 0 aliphatic carbocycles. The molecule has 0 radical (unpaired) electrons. The second-order valence-electron chi connectivity index (χ2n) is 3.96. The van der Waals surface area contributed by atoms with Gasteiger partial charge in [0, 0.05) is 6.20 Å². The molecule has 0 aromatic carbocycles. The molecule has 0 saturated heterocycles. The molecule has 1 heterocycles. The Hall–Kier alpha value is -1.56.